The van der Waals surface area contributed by atoms with Gasteiger partial charge in [-0.25, -0.2) is 8.42 Å². The van der Waals surface area contributed by atoms with Gasteiger partial charge < -0.3 is 10.2 Å². The molecule has 2 aliphatic rings. The fourth-order valence-corrected chi connectivity index (χ4v) is 4.51. The van der Waals surface area contributed by atoms with E-state index in [2.05, 4.69) is 5.32 Å². The van der Waals surface area contributed by atoms with E-state index in [1.54, 1.807) is 31.3 Å². The molecule has 2 fully saturated rings. The number of sulfone groups is 1. The number of nitrogens with zero attached hydrogens (tertiary/aromatic N) is 1. The number of nitrogens with one attached hydrogen (secondary N) is 1. The second-order valence-electron chi connectivity index (χ2n) is 6.31. The molecule has 1 saturated carbocycles. The molecule has 124 valence electrons. The highest BCUT2D eigenvalue weighted by atomic mass is 32.2. The van der Waals surface area contributed by atoms with Crippen LogP contribution in [-0.2, 0) is 14.6 Å². The molecule has 1 heterocycles. The van der Waals surface area contributed by atoms with Crippen LogP contribution in [0.15, 0.2) is 24.3 Å². The zero-order valence-electron chi connectivity index (χ0n) is 13.0. The number of carbonyl (C=O) groups excluding carboxylic acids is 2. The first kappa shape index (κ1) is 16.0. The van der Waals surface area contributed by atoms with Gasteiger partial charge in [0.15, 0.2) is 9.84 Å². The summed E-state index contributed by atoms with van der Waals surface area (Å²) in [6.45, 7) is 0. The van der Waals surface area contributed by atoms with Crippen LogP contribution in [0.5, 0.6) is 0 Å². The van der Waals surface area contributed by atoms with Crippen molar-refractivity contribution in [1.29, 1.82) is 0 Å². The number of anilines is 1. The molecule has 1 atom stereocenters. The number of amides is 2. The first-order chi connectivity index (χ1) is 10.9. The first-order valence-electron chi connectivity index (χ1n) is 7.74. The maximum atomic E-state index is 12.4. The third kappa shape index (κ3) is 3.72. The van der Waals surface area contributed by atoms with E-state index in [1.807, 2.05) is 0 Å². The van der Waals surface area contributed by atoms with Crippen LogP contribution in [0.2, 0.25) is 0 Å². The van der Waals surface area contributed by atoms with E-state index in [9.17, 15) is 18.0 Å². The maximum absolute atomic E-state index is 12.4. The van der Waals surface area contributed by atoms with Gasteiger partial charge in [-0.1, -0.05) is 0 Å². The lowest BCUT2D eigenvalue weighted by Crippen LogP contribution is -2.37. The molecule has 0 aromatic heterocycles. The van der Waals surface area contributed by atoms with Gasteiger partial charge in [-0.3, -0.25) is 9.59 Å². The van der Waals surface area contributed by atoms with Gasteiger partial charge >= 0.3 is 0 Å². The summed E-state index contributed by atoms with van der Waals surface area (Å²) in [6, 6.07) is 6.46. The Bertz CT molecular complexity index is 723. The molecule has 23 heavy (non-hydrogen) atoms. The Morgan fingerprint density at radius 2 is 1.78 bits per heavy atom. The number of hydrogen-bond donors (Lipinski definition) is 1. The molecule has 1 aromatic rings. The molecule has 6 nitrogen and oxygen atoms in total. The quantitative estimate of drug-likeness (QED) is 0.898. The number of rotatable bonds is 4. The Labute approximate surface area is 135 Å². The van der Waals surface area contributed by atoms with Crippen molar-refractivity contribution in [2.45, 2.75) is 25.3 Å². The molecule has 0 bridgehead atoms. The summed E-state index contributed by atoms with van der Waals surface area (Å²) >= 11 is 0. The van der Waals surface area contributed by atoms with Crippen LogP contribution in [0.1, 0.15) is 29.6 Å². The van der Waals surface area contributed by atoms with E-state index in [1.165, 1.54) is 4.90 Å². The van der Waals surface area contributed by atoms with Gasteiger partial charge in [0.25, 0.3) is 5.91 Å². The van der Waals surface area contributed by atoms with Crippen molar-refractivity contribution in [1.82, 2.24) is 4.90 Å². The predicted molar refractivity (Wildman–Crippen MR) is 86.9 cm³/mol. The highest BCUT2D eigenvalue weighted by Crippen LogP contribution is 2.30. The molecule has 1 N–H and O–H groups in total. The molecule has 2 amide bonds. The predicted octanol–water partition coefficient (Wildman–Crippen LogP) is 1.29. The van der Waals surface area contributed by atoms with Crippen LogP contribution < -0.4 is 5.32 Å². The van der Waals surface area contributed by atoms with Crippen molar-refractivity contribution in [2.75, 3.05) is 23.9 Å². The van der Waals surface area contributed by atoms with E-state index in [-0.39, 0.29) is 35.3 Å². The van der Waals surface area contributed by atoms with Crippen LogP contribution in [0, 0.1) is 5.92 Å². The molecule has 3 rings (SSSR count). The van der Waals surface area contributed by atoms with E-state index >= 15 is 0 Å². The number of hydrogen-bond acceptors (Lipinski definition) is 4. The standard InChI is InChI=1S/C16H20N2O4S/c1-18(14-8-9-23(21,22)10-14)16(20)12-4-6-13(7-5-12)17-15(19)11-2-3-11/h4-7,11,14H,2-3,8-10H2,1H3,(H,17,19). The zero-order valence-corrected chi connectivity index (χ0v) is 13.8. The summed E-state index contributed by atoms with van der Waals surface area (Å²) in [6.07, 6.45) is 2.37. The highest BCUT2D eigenvalue weighted by Gasteiger charge is 2.33. The summed E-state index contributed by atoms with van der Waals surface area (Å²) in [7, 11) is -1.38. The van der Waals surface area contributed by atoms with Gasteiger partial charge in [-0.2, -0.15) is 0 Å². The van der Waals surface area contributed by atoms with Gasteiger partial charge in [0.1, 0.15) is 0 Å². The van der Waals surface area contributed by atoms with Crippen molar-refractivity contribution in [3.8, 4) is 0 Å². The molecule has 0 radical (unpaired) electrons. The fourth-order valence-electron chi connectivity index (χ4n) is 2.74. The van der Waals surface area contributed by atoms with E-state index in [0.29, 0.717) is 17.7 Å². The lowest BCUT2D eigenvalue weighted by molar-refractivity contribution is -0.117. The third-order valence-corrected chi connectivity index (χ3v) is 6.17. The molecule has 1 aliphatic carbocycles. The van der Waals surface area contributed by atoms with Crippen LogP contribution in [-0.4, -0.2) is 49.7 Å². The van der Waals surface area contributed by atoms with E-state index in [4.69, 9.17) is 0 Å². The van der Waals surface area contributed by atoms with Gasteiger partial charge in [0, 0.05) is 30.3 Å². The van der Waals surface area contributed by atoms with E-state index < -0.39 is 9.84 Å². The largest absolute Gasteiger partial charge is 0.338 e. The van der Waals surface area contributed by atoms with Crippen molar-refractivity contribution in [2.24, 2.45) is 5.92 Å². The SMILES string of the molecule is CN(C(=O)c1ccc(NC(=O)C2CC2)cc1)C1CCS(=O)(=O)C1. The van der Waals surface area contributed by atoms with Crippen LogP contribution in [0.3, 0.4) is 0 Å². The maximum Gasteiger partial charge on any atom is 0.253 e. The van der Waals surface area contributed by atoms with Gasteiger partial charge in [-0.05, 0) is 43.5 Å². The zero-order chi connectivity index (χ0) is 16.6. The lowest BCUT2D eigenvalue weighted by Gasteiger charge is -2.23. The molecule has 1 aromatic carbocycles. The van der Waals surface area contributed by atoms with Gasteiger partial charge in [0.2, 0.25) is 5.91 Å². The first-order valence-corrected chi connectivity index (χ1v) is 9.56. The average molecular weight is 336 g/mol. The molecule has 1 unspecified atom stereocenters. The minimum absolute atomic E-state index is 0.0253. The second kappa shape index (κ2) is 5.96. The van der Waals surface area contributed by atoms with Crippen molar-refractivity contribution in [3.63, 3.8) is 0 Å². The van der Waals surface area contributed by atoms with E-state index in [0.717, 1.165) is 12.8 Å². The molecule has 7 heteroatoms. The molecular formula is C16H20N2O4S. The van der Waals surface area contributed by atoms with Crippen LogP contribution in [0.25, 0.3) is 0 Å². The smallest absolute Gasteiger partial charge is 0.253 e. The Morgan fingerprint density at radius 3 is 2.30 bits per heavy atom. The summed E-state index contributed by atoms with van der Waals surface area (Å²) in [5.41, 5.74) is 1.16. The Morgan fingerprint density at radius 1 is 1.13 bits per heavy atom. The van der Waals surface area contributed by atoms with Crippen LogP contribution in [0.4, 0.5) is 5.69 Å². The normalized spacial score (nSPS) is 22.6. The highest BCUT2D eigenvalue weighted by molar-refractivity contribution is 7.91. The minimum Gasteiger partial charge on any atom is -0.338 e. The molecular weight excluding hydrogens is 316 g/mol. The average Bonchev–Trinajstić information content (AvgIpc) is 3.30. The van der Waals surface area contributed by atoms with Gasteiger partial charge in [-0.15, -0.1) is 0 Å². The second-order valence-corrected chi connectivity index (χ2v) is 8.54. The van der Waals surface area contributed by atoms with Crippen molar-refractivity contribution < 1.29 is 18.0 Å². The summed E-state index contributed by atoms with van der Waals surface area (Å²) < 4.78 is 23.1. The van der Waals surface area contributed by atoms with Crippen molar-refractivity contribution >= 4 is 27.3 Å². The summed E-state index contributed by atoms with van der Waals surface area (Å²) in [5.74, 6) is 0.128. The topological polar surface area (TPSA) is 83.6 Å². The minimum atomic E-state index is -3.02. The molecule has 0 spiro atoms. The van der Waals surface area contributed by atoms with Crippen LogP contribution >= 0.6 is 0 Å². The number of benzene rings is 1. The summed E-state index contributed by atoms with van der Waals surface area (Å²) in [5, 5.41) is 2.82. The monoisotopic (exact) mass is 336 g/mol. The fraction of sp³-hybridized carbons (Fsp3) is 0.500. The Hall–Kier alpha value is -1.89. The van der Waals surface area contributed by atoms with Crippen molar-refractivity contribution in [3.05, 3.63) is 29.8 Å². The molecule has 1 saturated heterocycles. The lowest BCUT2D eigenvalue weighted by atomic mass is 10.1. The molecule has 1 aliphatic heterocycles. The Balaban J connectivity index is 1.64. The summed E-state index contributed by atoms with van der Waals surface area (Å²) in [4.78, 5) is 25.6. The third-order valence-electron chi connectivity index (χ3n) is 4.42. The Kier molecular flexibility index (Phi) is 4.14. The van der Waals surface area contributed by atoms with Gasteiger partial charge in [0.05, 0.1) is 11.5 Å². The number of carbonyl (C=O) groups is 2.